The minimum Gasteiger partial charge on any atom is -0.493 e. The maximum absolute atomic E-state index is 13.0. The van der Waals surface area contributed by atoms with E-state index in [1.807, 2.05) is 19.9 Å². The molecule has 0 spiro atoms. The molecule has 0 aliphatic heterocycles. The van der Waals surface area contributed by atoms with Crippen molar-refractivity contribution in [2.24, 2.45) is 5.92 Å². The zero-order valence-electron chi connectivity index (χ0n) is 20.0. The molecule has 1 fully saturated rings. The molecule has 0 aromatic heterocycles. The van der Waals surface area contributed by atoms with Crippen molar-refractivity contribution < 1.29 is 23.8 Å². The van der Waals surface area contributed by atoms with Crippen LogP contribution in [0.2, 0.25) is 0 Å². The largest absolute Gasteiger partial charge is 0.493 e. The molecule has 0 saturated heterocycles. The Labute approximate surface area is 205 Å². The number of ether oxygens (including phenoxy) is 3. The van der Waals surface area contributed by atoms with Crippen LogP contribution in [0.25, 0.3) is 0 Å². The van der Waals surface area contributed by atoms with Crippen molar-refractivity contribution in [3.05, 3.63) is 77.9 Å². The molecule has 7 nitrogen and oxygen atoms in total. The number of nitrogens with one attached hydrogen (secondary N) is 2. The Morgan fingerprint density at radius 1 is 0.743 bits per heavy atom. The molecule has 1 aliphatic carbocycles. The van der Waals surface area contributed by atoms with Crippen LogP contribution in [0, 0.1) is 5.92 Å². The summed E-state index contributed by atoms with van der Waals surface area (Å²) >= 11 is 0. The molecule has 182 valence electrons. The van der Waals surface area contributed by atoms with Crippen LogP contribution in [0.1, 0.15) is 47.4 Å². The predicted molar refractivity (Wildman–Crippen MR) is 136 cm³/mol. The molecule has 3 aromatic carbocycles. The molecule has 4 rings (SSSR count). The Morgan fingerprint density at radius 2 is 1.26 bits per heavy atom. The van der Waals surface area contributed by atoms with E-state index < -0.39 is 0 Å². The van der Waals surface area contributed by atoms with Crippen LogP contribution >= 0.6 is 0 Å². The van der Waals surface area contributed by atoms with Crippen LogP contribution in [0.5, 0.6) is 17.2 Å². The molecule has 0 bridgehead atoms. The highest BCUT2D eigenvalue weighted by molar-refractivity contribution is 6.07. The number of benzene rings is 3. The summed E-state index contributed by atoms with van der Waals surface area (Å²) in [7, 11) is 0. The van der Waals surface area contributed by atoms with Crippen LogP contribution < -0.4 is 24.8 Å². The molecule has 0 atom stereocenters. The molecule has 35 heavy (non-hydrogen) atoms. The highest BCUT2D eigenvalue weighted by atomic mass is 16.5. The van der Waals surface area contributed by atoms with Gasteiger partial charge < -0.3 is 24.8 Å². The van der Waals surface area contributed by atoms with Gasteiger partial charge in [-0.15, -0.1) is 0 Å². The molecule has 0 radical (unpaired) electrons. The highest BCUT2D eigenvalue weighted by Crippen LogP contribution is 2.37. The SMILES string of the molecule is CCOc1cc(NC(=O)c2ccc(OCC3CC3)cc2)c(OCC)cc1NC(=O)c1ccccc1. The second kappa shape index (κ2) is 11.4. The summed E-state index contributed by atoms with van der Waals surface area (Å²) < 4.78 is 17.3. The zero-order chi connectivity index (χ0) is 24.6. The van der Waals surface area contributed by atoms with Gasteiger partial charge in [-0.05, 0) is 69.0 Å². The van der Waals surface area contributed by atoms with Crippen LogP contribution in [0.4, 0.5) is 11.4 Å². The number of amides is 2. The van der Waals surface area contributed by atoms with E-state index in [0.29, 0.717) is 53.1 Å². The average molecular weight is 475 g/mol. The van der Waals surface area contributed by atoms with E-state index in [0.717, 1.165) is 12.4 Å². The van der Waals surface area contributed by atoms with E-state index in [1.165, 1.54) is 12.8 Å². The summed E-state index contributed by atoms with van der Waals surface area (Å²) in [6, 6.07) is 19.3. The molecule has 2 amide bonds. The first-order valence-electron chi connectivity index (χ1n) is 11.9. The van der Waals surface area contributed by atoms with Crippen molar-refractivity contribution in [2.45, 2.75) is 26.7 Å². The van der Waals surface area contributed by atoms with E-state index in [4.69, 9.17) is 14.2 Å². The molecule has 0 heterocycles. The maximum atomic E-state index is 13.0. The van der Waals surface area contributed by atoms with E-state index in [1.54, 1.807) is 60.7 Å². The predicted octanol–water partition coefficient (Wildman–Crippen LogP) is 5.78. The van der Waals surface area contributed by atoms with Gasteiger partial charge in [0.1, 0.15) is 17.2 Å². The number of carbonyl (C=O) groups excluding carboxylic acids is 2. The quantitative estimate of drug-likeness (QED) is 0.368. The Balaban J connectivity index is 1.53. The van der Waals surface area contributed by atoms with Gasteiger partial charge in [0, 0.05) is 23.3 Å². The Kier molecular flexibility index (Phi) is 7.88. The Hall–Kier alpha value is -4.00. The summed E-state index contributed by atoms with van der Waals surface area (Å²) in [5.74, 6) is 1.71. The molecule has 7 heteroatoms. The summed E-state index contributed by atoms with van der Waals surface area (Å²) in [5, 5.41) is 5.79. The minimum atomic E-state index is -0.289. The third kappa shape index (κ3) is 6.53. The molecule has 0 unspecified atom stereocenters. The van der Waals surface area contributed by atoms with Gasteiger partial charge in [-0.1, -0.05) is 18.2 Å². The summed E-state index contributed by atoms with van der Waals surface area (Å²) in [6.45, 7) is 5.19. The normalized spacial score (nSPS) is 12.5. The number of hydrogen-bond acceptors (Lipinski definition) is 5. The van der Waals surface area contributed by atoms with E-state index in [2.05, 4.69) is 10.6 Å². The van der Waals surface area contributed by atoms with Crippen molar-refractivity contribution in [2.75, 3.05) is 30.5 Å². The van der Waals surface area contributed by atoms with Gasteiger partial charge >= 0.3 is 0 Å². The van der Waals surface area contributed by atoms with E-state index in [-0.39, 0.29) is 11.8 Å². The van der Waals surface area contributed by atoms with Gasteiger partial charge in [-0.25, -0.2) is 0 Å². The second-order valence-electron chi connectivity index (χ2n) is 8.26. The first-order chi connectivity index (χ1) is 17.1. The lowest BCUT2D eigenvalue weighted by Gasteiger charge is -2.18. The molecule has 1 saturated carbocycles. The summed E-state index contributed by atoms with van der Waals surface area (Å²) in [4.78, 5) is 25.7. The van der Waals surface area contributed by atoms with Crippen LogP contribution in [0.15, 0.2) is 66.7 Å². The molecule has 1 aliphatic rings. The fourth-order valence-corrected chi connectivity index (χ4v) is 3.48. The number of anilines is 2. The van der Waals surface area contributed by atoms with Crippen molar-refractivity contribution in [3.63, 3.8) is 0 Å². The zero-order valence-corrected chi connectivity index (χ0v) is 20.0. The summed E-state index contributed by atoms with van der Waals surface area (Å²) in [6.07, 6.45) is 2.45. The second-order valence-corrected chi connectivity index (χ2v) is 8.26. The van der Waals surface area contributed by atoms with Crippen LogP contribution in [-0.4, -0.2) is 31.6 Å². The fourth-order valence-electron chi connectivity index (χ4n) is 3.48. The van der Waals surface area contributed by atoms with Crippen molar-refractivity contribution in [3.8, 4) is 17.2 Å². The van der Waals surface area contributed by atoms with Crippen molar-refractivity contribution in [1.82, 2.24) is 0 Å². The standard InChI is InChI=1S/C28H30N2O5/c1-3-33-25-17-24(30-28(32)21-12-14-22(15-13-21)35-18-19-10-11-19)26(34-4-2)16-23(25)29-27(31)20-8-6-5-7-9-20/h5-9,12-17,19H,3-4,10-11,18H2,1-2H3,(H,29,31)(H,30,32). The van der Waals surface area contributed by atoms with E-state index in [9.17, 15) is 9.59 Å². The third-order valence-corrected chi connectivity index (χ3v) is 5.51. The van der Waals surface area contributed by atoms with Gasteiger partial charge in [0.05, 0.1) is 31.2 Å². The van der Waals surface area contributed by atoms with Gasteiger partial charge in [-0.3, -0.25) is 9.59 Å². The van der Waals surface area contributed by atoms with Crippen LogP contribution in [-0.2, 0) is 0 Å². The lowest BCUT2D eigenvalue weighted by atomic mass is 10.1. The monoisotopic (exact) mass is 474 g/mol. The number of rotatable bonds is 11. The fraction of sp³-hybridized carbons (Fsp3) is 0.286. The van der Waals surface area contributed by atoms with Gasteiger partial charge in [0.15, 0.2) is 0 Å². The Bertz CT molecular complexity index is 1160. The molecule has 2 N–H and O–H groups in total. The first kappa shape index (κ1) is 24.1. The topological polar surface area (TPSA) is 85.9 Å². The van der Waals surface area contributed by atoms with Gasteiger partial charge in [0.25, 0.3) is 11.8 Å². The lowest BCUT2D eigenvalue weighted by molar-refractivity contribution is 0.101. The van der Waals surface area contributed by atoms with Gasteiger partial charge in [0.2, 0.25) is 0 Å². The number of carbonyl (C=O) groups is 2. The van der Waals surface area contributed by atoms with Crippen LogP contribution in [0.3, 0.4) is 0 Å². The molecule has 3 aromatic rings. The lowest BCUT2D eigenvalue weighted by Crippen LogP contribution is -2.15. The number of hydrogen-bond donors (Lipinski definition) is 2. The Morgan fingerprint density at radius 3 is 1.74 bits per heavy atom. The summed E-state index contributed by atoms with van der Waals surface area (Å²) in [5.41, 5.74) is 1.92. The van der Waals surface area contributed by atoms with Gasteiger partial charge in [-0.2, -0.15) is 0 Å². The third-order valence-electron chi connectivity index (χ3n) is 5.51. The maximum Gasteiger partial charge on any atom is 0.255 e. The van der Waals surface area contributed by atoms with Crippen molar-refractivity contribution in [1.29, 1.82) is 0 Å². The first-order valence-corrected chi connectivity index (χ1v) is 11.9. The highest BCUT2D eigenvalue weighted by Gasteiger charge is 2.22. The average Bonchev–Trinajstić information content (AvgIpc) is 3.71. The van der Waals surface area contributed by atoms with Crippen molar-refractivity contribution >= 4 is 23.2 Å². The minimum absolute atomic E-state index is 0.269. The van der Waals surface area contributed by atoms with E-state index >= 15 is 0 Å². The molecular weight excluding hydrogens is 444 g/mol. The molecular formula is C28H30N2O5. The smallest absolute Gasteiger partial charge is 0.255 e.